The third kappa shape index (κ3) is 9.56. The Hall–Kier alpha value is -2.03. The molecule has 2 unspecified atom stereocenters. The molecule has 0 spiro atoms. The minimum absolute atomic E-state index is 0.653. The standard InChI is InChI=1S/2C7H11N.C6H7N/c2*1-6-3-7(2)5-8-4-6;1-6-3-2-4-7-5-6/h2*3-4,7H,5H2,1-2H3;2-5H,1H3. The van der Waals surface area contributed by atoms with Crippen LogP contribution < -0.4 is 0 Å². The number of hydrogen-bond acceptors (Lipinski definition) is 3. The molecule has 23 heavy (non-hydrogen) atoms. The first-order chi connectivity index (χ1) is 11.0. The number of aliphatic imine (C=N–C) groups is 2. The van der Waals surface area contributed by atoms with Crippen molar-refractivity contribution >= 4 is 12.4 Å². The van der Waals surface area contributed by atoms with E-state index in [1.54, 1.807) is 6.20 Å². The van der Waals surface area contributed by atoms with Gasteiger partial charge in [-0.25, -0.2) is 0 Å². The highest BCUT2D eigenvalue weighted by atomic mass is 14.7. The highest BCUT2D eigenvalue weighted by molar-refractivity contribution is 5.78. The topological polar surface area (TPSA) is 37.6 Å². The number of hydrogen-bond donors (Lipinski definition) is 0. The molecule has 3 rings (SSSR count). The number of dihydropyridines is 2. The summed E-state index contributed by atoms with van der Waals surface area (Å²) in [6.07, 6.45) is 12.0. The second kappa shape index (κ2) is 10.7. The van der Waals surface area contributed by atoms with Crippen molar-refractivity contribution in [3.8, 4) is 0 Å². The molecular formula is C20H29N3. The lowest BCUT2D eigenvalue weighted by atomic mass is 10.1. The van der Waals surface area contributed by atoms with Crippen LogP contribution in [0, 0.1) is 18.8 Å². The van der Waals surface area contributed by atoms with Crippen LogP contribution >= 0.6 is 0 Å². The highest BCUT2D eigenvalue weighted by Gasteiger charge is 1.99. The fourth-order valence-corrected chi connectivity index (χ4v) is 2.26. The summed E-state index contributed by atoms with van der Waals surface area (Å²) in [6, 6.07) is 3.95. The first-order valence-corrected chi connectivity index (χ1v) is 8.20. The van der Waals surface area contributed by atoms with Crippen molar-refractivity contribution in [2.24, 2.45) is 21.8 Å². The van der Waals surface area contributed by atoms with Gasteiger partial charge in [0, 0.05) is 37.9 Å². The van der Waals surface area contributed by atoms with Gasteiger partial charge in [0.1, 0.15) is 0 Å². The lowest BCUT2D eigenvalue weighted by Crippen LogP contribution is -2.01. The van der Waals surface area contributed by atoms with Crippen LogP contribution in [-0.2, 0) is 0 Å². The molecule has 0 aromatic carbocycles. The van der Waals surface area contributed by atoms with Crippen LogP contribution in [0.5, 0.6) is 0 Å². The van der Waals surface area contributed by atoms with Gasteiger partial charge < -0.3 is 0 Å². The molecule has 1 aromatic heterocycles. The highest BCUT2D eigenvalue weighted by Crippen LogP contribution is 2.06. The minimum atomic E-state index is 0.653. The molecule has 3 nitrogen and oxygen atoms in total. The monoisotopic (exact) mass is 311 g/mol. The van der Waals surface area contributed by atoms with Crippen molar-refractivity contribution in [2.45, 2.75) is 34.6 Å². The van der Waals surface area contributed by atoms with Crippen LogP contribution in [0.25, 0.3) is 0 Å². The van der Waals surface area contributed by atoms with Gasteiger partial charge in [-0.05, 0) is 55.4 Å². The normalized spacial score (nSPS) is 22.0. The van der Waals surface area contributed by atoms with Crippen LogP contribution in [0.1, 0.15) is 33.3 Å². The summed E-state index contributed by atoms with van der Waals surface area (Å²) in [5.74, 6) is 1.31. The van der Waals surface area contributed by atoms with Crippen molar-refractivity contribution in [1.29, 1.82) is 0 Å². The predicted molar refractivity (Wildman–Crippen MR) is 102 cm³/mol. The van der Waals surface area contributed by atoms with Gasteiger partial charge in [-0.15, -0.1) is 0 Å². The molecule has 0 bridgehead atoms. The Balaban J connectivity index is 0.000000173. The maximum Gasteiger partial charge on any atom is 0.0449 e. The van der Waals surface area contributed by atoms with Crippen LogP contribution in [0.3, 0.4) is 0 Å². The van der Waals surface area contributed by atoms with E-state index in [1.165, 1.54) is 16.7 Å². The molecule has 0 saturated carbocycles. The molecular weight excluding hydrogens is 282 g/mol. The van der Waals surface area contributed by atoms with E-state index in [-0.39, 0.29) is 0 Å². The van der Waals surface area contributed by atoms with E-state index in [2.05, 4.69) is 54.8 Å². The quantitative estimate of drug-likeness (QED) is 0.684. The average molecular weight is 311 g/mol. The summed E-state index contributed by atoms with van der Waals surface area (Å²) in [4.78, 5) is 12.2. The van der Waals surface area contributed by atoms with Gasteiger partial charge in [0.25, 0.3) is 0 Å². The van der Waals surface area contributed by atoms with Gasteiger partial charge in [0.2, 0.25) is 0 Å². The largest absolute Gasteiger partial charge is 0.292 e. The van der Waals surface area contributed by atoms with E-state index in [4.69, 9.17) is 0 Å². The Morgan fingerprint density at radius 2 is 1.39 bits per heavy atom. The van der Waals surface area contributed by atoms with E-state index >= 15 is 0 Å². The van der Waals surface area contributed by atoms with Crippen LogP contribution in [0.2, 0.25) is 0 Å². The number of allylic oxidation sites excluding steroid dienone is 2. The molecule has 2 aliphatic heterocycles. The SMILES string of the molecule is CC1=CC(C)CN=C1.CC1=CC(C)CN=C1.Cc1cccnc1. The Bertz CT molecular complexity index is 534. The Labute approximate surface area is 141 Å². The van der Waals surface area contributed by atoms with E-state index < -0.39 is 0 Å². The average Bonchev–Trinajstić information content (AvgIpc) is 2.49. The summed E-state index contributed by atoms with van der Waals surface area (Å²) in [6.45, 7) is 12.5. The van der Waals surface area contributed by atoms with Crippen LogP contribution in [-0.4, -0.2) is 30.5 Å². The first-order valence-electron chi connectivity index (χ1n) is 8.20. The molecule has 2 aliphatic rings. The van der Waals surface area contributed by atoms with E-state index in [0.717, 1.165) is 13.1 Å². The Morgan fingerprint density at radius 3 is 1.61 bits per heavy atom. The summed E-state index contributed by atoms with van der Waals surface area (Å²) < 4.78 is 0. The number of aromatic nitrogens is 1. The van der Waals surface area contributed by atoms with E-state index in [0.29, 0.717) is 11.8 Å². The van der Waals surface area contributed by atoms with Crippen molar-refractivity contribution < 1.29 is 0 Å². The fraction of sp³-hybridized carbons (Fsp3) is 0.450. The van der Waals surface area contributed by atoms with Gasteiger partial charge >= 0.3 is 0 Å². The molecule has 124 valence electrons. The van der Waals surface area contributed by atoms with Crippen LogP contribution in [0.4, 0.5) is 0 Å². The third-order valence-electron chi connectivity index (χ3n) is 3.28. The fourth-order valence-electron chi connectivity index (χ4n) is 2.26. The minimum Gasteiger partial charge on any atom is -0.292 e. The Kier molecular flexibility index (Phi) is 8.81. The molecule has 0 radical (unpaired) electrons. The zero-order valence-electron chi connectivity index (χ0n) is 15.0. The molecule has 0 amide bonds. The number of rotatable bonds is 0. The summed E-state index contributed by atoms with van der Waals surface area (Å²) in [5, 5.41) is 0. The third-order valence-corrected chi connectivity index (χ3v) is 3.28. The second-order valence-electron chi connectivity index (χ2n) is 6.29. The zero-order chi connectivity index (χ0) is 17.1. The van der Waals surface area contributed by atoms with Gasteiger partial charge in [-0.2, -0.15) is 0 Å². The van der Waals surface area contributed by atoms with Crippen molar-refractivity contribution in [3.05, 3.63) is 53.4 Å². The molecule has 3 heteroatoms. The predicted octanol–water partition coefficient (Wildman–Crippen LogP) is 4.70. The van der Waals surface area contributed by atoms with Gasteiger partial charge in [0.05, 0.1) is 0 Å². The summed E-state index contributed by atoms with van der Waals surface area (Å²) in [7, 11) is 0. The summed E-state index contributed by atoms with van der Waals surface area (Å²) in [5.41, 5.74) is 3.80. The number of aryl methyl sites for hydroxylation is 1. The second-order valence-corrected chi connectivity index (χ2v) is 6.29. The first kappa shape index (κ1) is 19.0. The van der Waals surface area contributed by atoms with Crippen molar-refractivity contribution in [1.82, 2.24) is 4.98 Å². The zero-order valence-corrected chi connectivity index (χ0v) is 15.0. The maximum absolute atomic E-state index is 4.15. The van der Waals surface area contributed by atoms with Gasteiger partial charge in [-0.3, -0.25) is 15.0 Å². The smallest absolute Gasteiger partial charge is 0.0449 e. The van der Waals surface area contributed by atoms with Crippen LogP contribution in [0.15, 0.2) is 57.8 Å². The van der Waals surface area contributed by atoms with Gasteiger partial charge in [-0.1, -0.05) is 32.1 Å². The summed E-state index contributed by atoms with van der Waals surface area (Å²) >= 11 is 0. The maximum atomic E-state index is 4.15. The van der Waals surface area contributed by atoms with E-state index in [1.807, 2.05) is 37.7 Å². The number of nitrogens with zero attached hydrogens (tertiary/aromatic N) is 3. The molecule has 3 heterocycles. The lowest BCUT2D eigenvalue weighted by molar-refractivity contribution is 0.731. The van der Waals surface area contributed by atoms with Crippen molar-refractivity contribution in [3.63, 3.8) is 0 Å². The van der Waals surface area contributed by atoms with E-state index in [9.17, 15) is 0 Å². The Morgan fingerprint density at radius 1 is 0.870 bits per heavy atom. The lowest BCUT2D eigenvalue weighted by Gasteiger charge is -2.06. The molecule has 0 fully saturated rings. The molecule has 0 aliphatic carbocycles. The number of pyridine rings is 1. The molecule has 0 N–H and O–H groups in total. The molecule has 1 aromatic rings. The molecule has 2 atom stereocenters. The van der Waals surface area contributed by atoms with Crippen molar-refractivity contribution in [2.75, 3.05) is 13.1 Å². The molecule has 0 saturated heterocycles. The van der Waals surface area contributed by atoms with Gasteiger partial charge in [0.15, 0.2) is 0 Å².